The summed E-state index contributed by atoms with van der Waals surface area (Å²) in [7, 11) is 0. The van der Waals surface area contributed by atoms with Gasteiger partial charge in [0.15, 0.2) is 0 Å². The molecule has 4 rings (SSSR count). The third kappa shape index (κ3) is 2.03. The summed E-state index contributed by atoms with van der Waals surface area (Å²) >= 11 is 6.78. The lowest BCUT2D eigenvalue weighted by Gasteiger charge is -2.65. The fourth-order valence-corrected chi connectivity index (χ4v) is 7.34. The van der Waals surface area contributed by atoms with E-state index in [0.29, 0.717) is 16.2 Å². The maximum absolute atomic E-state index is 6.78. The van der Waals surface area contributed by atoms with Crippen LogP contribution >= 0.6 is 11.6 Å². The van der Waals surface area contributed by atoms with Crippen molar-refractivity contribution in [2.75, 3.05) is 0 Å². The van der Waals surface area contributed by atoms with Crippen LogP contribution in [0.15, 0.2) is 24.3 Å². The van der Waals surface area contributed by atoms with Crippen molar-refractivity contribution in [1.82, 2.24) is 0 Å². The number of benzene rings is 1. The minimum absolute atomic E-state index is 0.271. The average Bonchev–Trinajstić information content (AvgIpc) is 2.51. The van der Waals surface area contributed by atoms with Gasteiger partial charge < -0.3 is 0 Å². The molecule has 5 atom stereocenters. The first-order valence-electron chi connectivity index (χ1n) is 9.52. The lowest BCUT2D eigenvalue weighted by atomic mass is 9.40. The number of aryl methyl sites for hydroxylation is 1. The van der Waals surface area contributed by atoms with Crippen molar-refractivity contribution in [3.63, 3.8) is 0 Å². The first kappa shape index (κ1) is 16.0. The Hall–Kier alpha value is -0.490. The predicted octanol–water partition coefficient (Wildman–Crippen LogP) is 6.35. The smallest absolute Gasteiger partial charge is 0.0390 e. The van der Waals surface area contributed by atoms with E-state index in [9.17, 15) is 0 Å². The summed E-state index contributed by atoms with van der Waals surface area (Å²) in [5.41, 5.74) is 4.36. The van der Waals surface area contributed by atoms with E-state index >= 15 is 0 Å². The molecule has 1 aromatic rings. The molecule has 0 nitrogen and oxygen atoms in total. The Kier molecular flexibility index (Phi) is 3.48. The molecule has 2 fully saturated rings. The van der Waals surface area contributed by atoms with Crippen molar-refractivity contribution in [2.24, 2.45) is 22.7 Å². The zero-order valence-corrected chi connectivity index (χ0v) is 15.9. The van der Waals surface area contributed by atoms with Crippen LogP contribution in [0.5, 0.6) is 0 Å². The van der Waals surface area contributed by atoms with Crippen LogP contribution in [-0.2, 0) is 11.8 Å². The highest BCUT2D eigenvalue weighted by molar-refractivity contribution is 6.21. The molecule has 0 unspecified atom stereocenters. The Morgan fingerprint density at radius 1 is 0.913 bits per heavy atom. The zero-order valence-electron chi connectivity index (χ0n) is 15.2. The van der Waals surface area contributed by atoms with Crippen molar-refractivity contribution in [3.05, 3.63) is 35.4 Å². The van der Waals surface area contributed by atoms with E-state index in [0.717, 1.165) is 11.8 Å². The molecule has 0 amide bonds. The van der Waals surface area contributed by atoms with Crippen LogP contribution in [0, 0.1) is 22.7 Å². The van der Waals surface area contributed by atoms with Crippen molar-refractivity contribution >= 4 is 11.6 Å². The Morgan fingerprint density at radius 3 is 2.43 bits per heavy atom. The molecule has 126 valence electrons. The van der Waals surface area contributed by atoms with Crippen LogP contribution in [0.1, 0.15) is 70.9 Å². The van der Waals surface area contributed by atoms with Crippen LogP contribution in [0.3, 0.4) is 0 Å². The third-order valence-electron chi connectivity index (χ3n) is 8.29. The first-order valence-corrected chi connectivity index (χ1v) is 9.96. The summed E-state index contributed by atoms with van der Waals surface area (Å²) in [6, 6.07) is 9.26. The van der Waals surface area contributed by atoms with Crippen LogP contribution in [0.2, 0.25) is 0 Å². The lowest BCUT2D eigenvalue weighted by molar-refractivity contribution is -0.108. The van der Waals surface area contributed by atoms with Gasteiger partial charge in [-0.05, 0) is 77.7 Å². The molecule has 1 aromatic carbocycles. The number of halogens is 1. The summed E-state index contributed by atoms with van der Waals surface area (Å²) in [6.07, 6.45) is 7.82. The standard InChI is InChI=1S/C22H31Cl/c1-20(2)17-11-13-21(3)16-8-6-5-7-15(16)9-10-18(21)22(17,4)14-12-19(20)23/h5-8,17-19H,9-14H2,1-4H3/t17-,18-,19-,21-,22-/m0/s1. The van der Waals surface area contributed by atoms with Crippen molar-refractivity contribution < 1.29 is 0 Å². The maximum Gasteiger partial charge on any atom is 0.0390 e. The molecule has 23 heavy (non-hydrogen) atoms. The van der Waals surface area contributed by atoms with E-state index in [-0.39, 0.29) is 5.41 Å². The van der Waals surface area contributed by atoms with Gasteiger partial charge in [0, 0.05) is 5.38 Å². The van der Waals surface area contributed by atoms with Crippen molar-refractivity contribution in [2.45, 2.75) is 77.0 Å². The molecule has 0 saturated heterocycles. The van der Waals surface area contributed by atoms with Gasteiger partial charge >= 0.3 is 0 Å². The Bertz CT molecular complexity index is 618. The fourth-order valence-electron chi connectivity index (χ4n) is 7.08. The normalized spacial score (nSPS) is 44.8. The van der Waals surface area contributed by atoms with Gasteiger partial charge in [-0.3, -0.25) is 0 Å². The molecule has 0 aliphatic heterocycles. The van der Waals surface area contributed by atoms with Crippen molar-refractivity contribution in [1.29, 1.82) is 0 Å². The number of rotatable bonds is 0. The van der Waals surface area contributed by atoms with E-state index in [1.165, 1.54) is 38.5 Å². The second-order valence-corrected chi connectivity index (χ2v) is 10.1. The van der Waals surface area contributed by atoms with Gasteiger partial charge in [-0.1, -0.05) is 52.0 Å². The predicted molar refractivity (Wildman–Crippen MR) is 99.1 cm³/mol. The highest BCUT2D eigenvalue weighted by Crippen LogP contribution is 2.67. The fraction of sp³-hybridized carbons (Fsp3) is 0.727. The van der Waals surface area contributed by atoms with E-state index < -0.39 is 0 Å². The first-order chi connectivity index (χ1) is 10.8. The summed E-state index contributed by atoms with van der Waals surface area (Å²) in [6.45, 7) is 10.0. The molecule has 0 aromatic heterocycles. The molecule has 0 spiro atoms. The van der Waals surface area contributed by atoms with Gasteiger partial charge in [-0.25, -0.2) is 0 Å². The molecule has 0 N–H and O–H groups in total. The second kappa shape index (κ2) is 5.01. The number of fused-ring (bicyclic) bond motifs is 5. The number of hydrogen-bond acceptors (Lipinski definition) is 0. The van der Waals surface area contributed by atoms with Crippen LogP contribution < -0.4 is 0 Å². The Labute approximate surface area is 147 Å². The SMILES string of the molecule is CC1(C)[C@@H](Cl)CC[C@]2(C)[C@H]3CCc4ccccc4[C@]3(C)CC[C@@H]12. The quantitative estimate of drug-likeness (QED) is 0.486. The molecule has 0 bridgehead atoms. The van der Waals surface area contributed by atoms with Gasteiger partial charge in [0.1, 0.15) is 0 Å². The number of alkyl halides is 1. The van der Waals surface area contributed by atoms with E-state index in [4.69, 9.17) is 11.6 Å². The Morgan fingerprint density at radius 2 is 1.65 bits per heavy atom. The summed E-state index contributed by atoms with van der Waals surface area (Å²) in [5.74, 6) is 1.58. The highest BCUT2D eigenvalue weighted by atomic mass is 35.5. The molecule has 3 aliphatic rings. The largest absolute Gasteiger partial charge is 0.122 e. The molecular weight excluding hydrogens is 300 g/mol. The van der Waals surface area contributed by atoms with Crippen LogP contribution in [0.4, 0.5) is 0 Å². The summed E-state index contributed by atoms with van der Waals surface area (Å²) in [5, 5.41) is 0.348. The van der Waals surface area contributed by atoms with Crippen LogP contribution in [0.25, 0.3) is 0 Å². The van der Waals surface area contributed by atoms with Gasteiger partial charge in [-0.2, -0.15) is 0 Å². The maximum atomic E-state index is 6.78. The topological polar surface area (TPSA) is 0 Å². The number of hydrogen-bond donors (Lipinski definition) is 0. The molecule has 2 saturated carbocycles. The zero-order chi connectivity index (χ0) is 16.5. The monoisotopic (exact) mass is 330 g/mol. The molecule has 1 heteroatoms. The molecular formula is C22H31Cl. The minimum Gasteiger partial charge on any atom is -0.122 e. The van der Waals surface area contributed by atoms with Gasteiger partial charge in [0.05, 0.1) is 0 Å². The van der Waals surface area contributed by atoms with Gasteiger partial charge in [-0.15, -0.1) is 11.6 Å². The van der Waals surface area contributed by atoms with E-state index in [2.05, 4.69) is 52.0 Å². The minimum atomic E-state index is 0.271. The summed E-state index contributed by atoms with van der Waals surface area (Å²) in [4.78, 5) is 0. The molecule has 0 heterocycles. The third-order valence-corrected chi connectivity index (χ3v) is 9.07. The van der Waals surface area contributed by atoms with Gasteiger partial charge in [0.25, 0.3) is 0 Å². The van der Waals surface area contributed by atoms with E-state index in [1.807, 2.05) is 0 Å². The summed E-state index contributed by atoms with van der Waals surface area (Å²) < 4.78 is 0. The highest BCUT2D eigenvalue weighted by Gasteiger charge is 2.61. The van der Waals surface area contributed by atoms with E-state index in [1.54, 1.807) is 11.1 Å². The molecule has 0 radical (unpaired) electrons. The second-order valence-electron chi connectivity index (χ2n) is 9.59. The average molecular weight is 331 g/mol. The van der Waals surface area contributed by atoms with Gasteiger partial charge in [0.2, 0.25) is 0 Å². The van der Waals surface area contributed by atoms with Crippen LogP contribution in [-0.4, -0.2) is 5.38 Å². The lowest BCUT2D eigenvalue weighted by Crippen LogP contribution is -2.59. The van der Waals surface area contributed by atoms with Crippen molar-refractivity contribution in [3.8, 4) is 0 Å². The molecule has 3 aliphatic carbocycles. The Balaban J connectivity index is 1.80.